The van der Waals surface area contributed by atoms with Gasteiger partial charge in [0.1, 0.15) is 0 Å². The van der Waals surface area contributed by atoms with Crippen molar-refractivity contribution in [2.75, 3.05) is 20.3 Å². The molecule has 0 unspecified atom stereocenters. The van der Waals surface area contributed by atoms with Gasteiger partial charge in [-0.15, -0.1) is 0 Å². The SMILES string of the molecule is CCCCOc1ccc(CNC(=O)CCCC(=O)OCCCc2ccccc2)cc1OC. The Morgan fingerprint density at radius 3 is 2.44 bits per heavy atom. The number of aryl methyl sites for hydroxylation is 1. The fourth-order valence-electron chi connectivity index (χ4n) is 3.13. The number of rotatable bonds is 15. The second kappa shape index (κ2) is 14.9. The number of methoxy groups -OCH3 is 1. The molecule has 1 N–H and O–H groups in total. The molecule has 0 fully saturated rings. The molecule has 0 radical (unpaired) electrons. The molecule has 2 aromatic carbocycles. The van der Waals surface area contributed by atoms with Crippen LogP contribution in [0.5, 0.6) is 11.5 Å². The molecule has 6 nitrogen and oxygen atoms in total. The summed E-state index contributed by atoms with van der Waals surface area (Å²) in [5, 5.41) is 2.88. The van der Waals surface area contributed by atoms with Gasteiger partial charge in [0.2, 0.25) is 5.91 Å². The number of benzene rings is 2. The van der Waals surface area contributed by atoms with Crippen molar-refractivity contribution in [3.05, 3.63) is 59.7 Å². The van der Waals surface area contributed by atoms with Crippen LogP contribution in [-0.2, 0) is 27.3 Å². The summed E-state index contributed by atoms with van der Waals surface area (Å²) >= 11 is 0. The van der Waals surface area contributed by atoms with Gasteiger partial charge in [-0.05, 0) is 48.9 Å². The zero-order chi connectivity index (χ0) is 23.0. The van der Waals surface area contributed by atoms with E-state index in [1.807, 2.05) is 36.4 Å². The van der Waals surface area contributed by atoms with Crippen molar-refractivity contribution >= 4 is 11.9 Å². The van der Waals surface area contributed by atoms with Crippen molar-refractivity contribution < 1.29 is 23.8 Å². The van der Waals surface area contributed by atoms with Gasteiger partial charge in [-0.25, -0.2) is 0 Å². The van der Waals surface area contributed by atoms with E-state index in [4.69, 9.17) is 14.2 Å². The zero-order valence-corrected chi connectivity index (χ0v) is 19.2. The summed E-state index contributed by atoms with van der Waals surface area (Å²) in [5.41, 5.74) is 2.16. The Morgan fingerprint density at radius 2 is 1.69 bits per heavy atom. The molecule has 0 aliphatic rings. The van der Waals surface area contributed by atoms with E-state index in [0.717, 1.165) is 31.2 Å². The Kier molecular flexibility index (Phi) is 11.7. The number of carbonyl (C=O) groups excluding carboxylic acids is 2. The zero-order valence-electron chi connectivity index (χ0n) is 19.2. The summed E-state index contributed by atoms with van der Waals surface area (Å²) in [6.45, 7) is 3.56. The number of carbonyl (C=O) groups is 2. The van der Waals surface area contributed by atoms with Gasteiger partial charge in [0.15, 0.2) is 11.5 Å². The minimum absolute atomic E-state index is 0.0934. The Labute approximate surface area is 191 Å². The number of ether oxygens (including phenoxy) is 3. The molecule has 174 valence electrons. The fraction of sp³-hybridized carbons (Fsp3) is 0.462. The first-order chi connectivity index (χ1) is 15.6. The minimum atomic E-state index is -0.255. The first kappa shape index (κ1) is 25.2. The highest BCUT2D eigenvalue weighted by Crippen LogP contribution is 2.28. The molecule has 0 saturated heterocycles. The average molecular weight is 442 g/mol. The summed E-state index contributed by atoms with van der Waals surface area (Å²) < 4.78 is 16.4. The van der Waals surface area contributed by atoms with Crippen molar-refractivity contribution in [3.8, 4) is 11.5 Å². The number of hydrogen-bond donors (Lipinski definition) is 1. The fourth-order valence-corrected chi connectivity index (χ4v) is 3.13. The van der Waals surface area contributed by atoms with Crippen molar-refractivity contribution in [3.63, 3.8) is 0 Å². The smallest absolute Gasteiger partial charge is 0.305 e. The lowest BCUT2D eigenvalue weighted by Gasteiger charge is -2.12. The molecule has 0 spiro atoms. The third-order valence-electron chi connectivity index (χ3n) is 4.97. The van der Waals surface area contributed by atoms with Crippen molar-refractivity contribution in [1.82, 2.24) is 5.32 Å². The lowest BCUT2D eigenvalue weighted by molar-refractivity contribution is -0.143. The van der Waals surface area contributed by atoms with Crippen LogP contribution in [0, 0.1) is 0 Å². The minimum Gasteiger partial charge on any atom is -0.493 e. The van der Waals surface area contributed by atoms with Crippen LogP contribution < -0.4 is 14.8 Å². The topological polar surface area (TPSA) is 73.9 Å². The highest BCUT2D eigenvalue weighted by Gasteiger charge is 2.09. The average Bonchev–Trinajstić information content (AvgIpc) is 2.82. The van der Waals surface area contributed by atoms with Crippen LogP contribution in [0.15, 0.2) is 48.5 Å². The second-order valence-corrected chi connectivity index (χ2v) is 7.63. The Morgan fingerprint density at radius 1 is 0.875 bits per heavy atom. The summed E-state index contributed by atoms with van der Waals surface area (Å²) in [5.74, 6) is 1.01. The van der Waals surface area contributed by atoms with Crippen LogP contribution in [0.3, 0.4) is 0 Å². The van der Waals surface area contributed by atoms with E-state index in [1.54, 1.807) is 7.11 Å². The van der Waals surface area contributed by atoms with Crippen molar-refractivity contribution in [1.29, 1.82) is 0 Å². The summed E-state index contributed by atoms with van der Waals surface area (Å²) in [7, 11) is 1.60. The van der Waals surface area contributed by atoms with Gasteiger partial charge in [-0.3, -0.25) is 9.59 Å². The maximum Gasteiger partial charge on any atom is 0.305 e. The van der Waals surface area contributed by atoms with E-state index >= 15 is 0 Å². The van der Waals surface area contributed by atoms with Gasteiger partial charge in [-0.2, -0.15) is 0 Å². The molecule has 2 aromatic rings. The molecule has 0 atom stereocenters. The van der Waals surface area contributed by atoms with Gasteiger partial charge in [0.25, 0.3) is 0 Å². The molecule has 0 aromatic heterocycles. The Bertz CT molecular complexity index is 822. The molecule has 32 heavy (non-hydrogen) atoms. The molecule has 0 bridgehead atoms. The van der Waals surface area contributed by atoms with E-state index in [9.17, 15) is 9.59 Å². The van der Waals surface area contributed by atoms with Crippen molar-refractivity contribution in [2.24, 2.45) is 0 Å². The molecule has 1 amide bonds. The van der Waals surface area contributed by atoms with Gasteiger partial charge in [0, 0.05) is 19.4 Å². The van der Waals surface area contributed by atoms with Gasteiger partial charge in [-0.1, -0.05) is 49.7 Å². The maximum atomic E-state index is 12.1. The quantitative estimate of drug-likeness (QED) is 0.316. The summed E-state index contributed by atoms with van der Waals surface area (Å²) in [6, 6.07) is 15.8. The lowest BCUT2D eigenvalue weighted by Crippen LogP contribution is -2.22. The summed E-state index contributed by atoms with van der Waals surface area (Å²) in [4.78, 5) is 23.9. The number of amides is 1. The van der Waals surface area contributed by atoms with E-state index < -0.39 is 0 Å². The van der Waals surface area contributed by atoms with E-state index in [1.165, 1.54) is 5.56 Å². The lowest BCUT2D eigenvalue weighted by atomic mass is 10.1. The Hall–Kier alpha value is -3.02. The monoisotopic (exact) mass is 441 g/mol. The normalized spacial score (nSPS) is 10.4. The third kappa shape index (κ3) is 9.86. The molecular formula is C26H35NO5. The van der Waals surface area contributed by atoms with E-state index in [2.05, 4.69) is 24.4 Å². The highest BCUT2D eigenvalue weighted by atomic mass is 16.5. The van der Waals surface area contributed by atoms with Crippen molar-refractivity contribution in [2.45, 2.75) is 58.4 Å². The number of hydrogen-bond acceptors (Lipinski definition) is 5. The second-order valence-electron chi connectivity index (χ2n) is 7.63. The van der Waals surface area contributed by atoms with Gasteiger partial charge in [0.05, 0.1) is 20.3 Å². The first-order valence-electron chi connectivity index (χ1n) is 11.4. The van der Waals surface area contributed by atoms with Crippen LogP contribution in [0.2, 0.25) is 0 Å². The van der Waals surface area contributed by atoms with Crippen LogP contribution in [-0.4, -0.2) is 32.2 Å². The van der Waals surface area contributed by atoms with Gasteiger partial charge >= 0.3 is 5.97 Å². The van der Waals surface area contributed by atoms with Crippen LogP contribution in [0.25, 0.3) is 0 Å². The van der Waals surface area contributed by atoms with Crippen LogP contribution in [0.4, 0.5) is 0 Å². The molecule has 6 heteroatoms. The van der Waals surface area contributed by atoms with Crippen LogP contribution >= 0.6 is 0 Å². The van der Waals surface area contributed by atoms with Gasteiger partial charge < -0.3 is 19.5 Å². The standard InChI is InChI=1S/C26H35NO5/c1-3-4-17-31-23-16-15-22(19-24(23)30-2)20-27-25(28)13-8-14-26(29)32-18-9-12-21-10-6-5-7-11-21/h5-7,10-11,15-16,19H,3-4,8-9,12-14,17-18,20H2,1-2H3,(H,27,28). The Balaban J connectivity index is 1.60. The number of nitrogens with one attached hydrogen (secondary N) is 1. The molecule has 0 heterocycles. The maximum absolute atomic E-state index is 12.1. The molecule has 0 saturated carbocycles. The first-order valence-corrected chi connectivity index (χ1v) is 11.4. The predicted octanol–water partition coefficient (Wildman–Crippen LogP) is 4.84. The summed E-state index contributed by atoms with van der Waals surface area (Å²) in [6.07, 6.45) is 4.73. The largest absolute Gasteiger partial charge is 0.493 e. The molecule has 0 aliphatic heterocycles. The van der Waals surface area contributed by atoms with E-state index in [0.29, 0.717) is 37.7 Å². The van der Waals surface area contributed by atoms with E-state index in [-0.39, 0.29) is 24.7 Å². The number of esters is 1. The third-order valence-corrected chi connectivity index (χ3v) is 4.97. The molecule has 2 rings (SSSR count). The number of unbranched alkanes of at least 4 members (excludes halogenated alkanes) is 1. The molecular weight excluding hydrogens is 406 g/mol. The molecule has 0 aliphatic carbocycles. The predicted molar refractivity (Wildman–Crippen MR) is 125 cm³/mol. The van der Waals surface area contributed by atoms with Crippen LogP contribution in [0.1, 0.15) is 56.6 Å². The highest BCUT2D eigenvalue weighted by molar-refractivity contribution is 5.77.